The maximum absolute atomic E-state index is 11.5. The largest absolute Gasteiger partial charge is 0.288 e. The van der Waals surface area contributed by atoms with Gasteiger partial charge in [-0.25, -0.2) is 5.48 Å². The highest BCUT2D eigenvalue weighted by molar-refractivity contribution is 5.96. The summed E-state index contributed by atoms with van der Waals surface area (Å²) in [7, 11) is 0. The van der Waals surface area contributed by atoms with Gasteiger partial charge in [0.2, 0.25) is 0 Å². The molecular weight excluding hydrogens is 274 g/mol. The Kier molecular flexibility index (Phi) is 10.0. The molecule has 0 bridgehead atoms. The zero-order valence-electron chi connectivity index (χ0n) is 13.7. The van der Waals surface area contributed by atoms with Crippen molar-refractivity contribution in [1.29, 1.82) is 0 Å². The van der Waals surface area contributed by atoms with Crippen molar-refractivity contribution < 1.29 is 10.0 Å². The second-order valence-corrected chi connectivity index (χ2v) is 5.69. The van der Waals surface area contributed by atoms with Crippen LogP contribution < -0.4 is 5.48 Å². The Labute approximate surface area is 134 Å². The second kappa shape index (κ2) is 12.0. The molecule has 0 radical (unpaired) electrons. The summed E-state index contributed by atoms with van der Waals surface area (Å²) in [6.45, 7) is 2.24. The van der Waals surface area contributed by atoms with E-state index in [1.54, 1.807) is 17.6 Å². The molecule has 2 N–H and O–H groups in total. The number of rotatable bonds is 11. The average molecular weight is 303 g/mol. The van der Waals surface area contributed by atoms with Gasteiger partial charge in [-0.15, -0.1) is 0 Å². The second-order valence-electron chi connectivity index (χ2n) is 5.69. The van der Waals surface area contributed by atoms with Gasteiger partial charge in [0.05, 0.1) is 0 Å². The predicted octanol–water partition coefficient (Wildman–Crippen LogP) is 5.35. The van der Waals surface area contributed by atoms with Gasteiger partial charge in [-0.3, -0.25) is 10.0 Å². The summed E-state index contributed by atoms with van der Waals surface area (Å²) in [6.07, 6.45) is 15.7. The number of allylic oxidation sites excluding steroid dienone is 1. The first-order valence-electron chi connectivity index (χ1n) is 8.49. The van der Waals surface area contributed by atoms with Crippen molar-refractivity contribution in [2.24, 2.45) is 0 Å². The minimum Gasteiger partial charge on any atom is -0.288 e. The number of nitrogens with one attached hydrogen (secondary N) is 1. The Morgan fingerprint density at radius 2 is 1.68 bits per heavy atom. The molecule has 0 fully saturated rings. The molecule has 3 nitrogen and oxygen atoms in total. The fraction of sp³-hybridized carbons (Fsp3) is 0.526. The third kappa shape index (κ3) is 7.41. The van der Waals surface area contributed by atoms with E-state index in [4.69, 9.17) is 5.21 Å². The predicted molar refractivity (Wildman–Crippen MR) is 92.0 cm³/mol. The smallest absolute Gasteiger partial charge is 0.275 e. The normalized spacial score (nSPS) is 11.0. The van der Waals surface area contributed by atoms with Gasteiger partial charge in [0.1, 0.15) is 0 Å². The maximum atomic E-state index is 11.5. The topological polar surface area (TPSA) is 49.3 Å². The standard InChI is InChI=1S/C19H29NO2/c1-2-3-4-5-6-7-8-9-10-11-14-17-15-12-13-16-18(17)19(21)20-22/h11-16,22H,2-10H2,1H3,(H,20,21)/b14-11+. The minimum absolute atomic E-state index is 0.465. The Bertz CT molecular complexity index is 455. The van der Waals surface area contributed by atoms with E-state index in [2.05, 4.69) is 13.0 Å². The number of hydrogen-bond acceptors (Lipinski definition) is 2. The maximum Gasteiger partial charge on any atom is 0.275 e. The molecular formula is C19H29NO2. The Morgan fingerprint density at radius 3 is 2.36 bits per heavy atom. The molecule has 0 saturated carbocycles. The Balaban J connectivity index is 2.22. The van der Waals surface area contributed by atoms with Crippen LogP contribution >= 0.6 is 0 Å². The van der Waals surface area contributed by atoms with Crippen LogP contribution in [0.3, 0.4) is 0 Å². The number of carbonyl (C=O) groups is 1. The molecule has 0 heterocycles. The molecule has 1 aromatic rings. The quantitative estimate of drug-likeness (QED) is 0.329. The van der Waals surface area contributed by atoms with Gasteiger partial charge in [0.25, 0.3) is 5.91 Å². The van der Waals surface area contributed by atoms with Crippen LogP contribution in [0.2, 0.25) is 0 Å². The van der Waals surface area contributed by atoms with Gasteiger partial charge in [0.15, 0.2) is 0 Å². The highest BCUT2D eigenvalue weighted by atomic mass is 16.5. The van der Waals surface area contributed by atoms with Gasteiger partial charge in [-0.2, -0.15) is 0 Å². The highest BCUT2D eigenvalue weighted by Gasteiger charge is 2.06. The van der Waals surface area contributed by atoms with Crippen LogP contribution in [0.15, 0.2) is 30.3 Å². The van der Waals surface area contributed by atoms with Gasteiger partial charge in [-0.1, -0.05) is 82.2 Å². The van der Waals surface area contributed by atoms with Gasteiger partial charge in [0, 0.05) is 5.56 Å². The molecule has 3 heteroatoms. The van der Waals surface area contributed by atoms with Gasteiger partial charge in [-0.05, 0) is 24.5 Å². The number of hydroxylamine groups is 1. The van der Waals surface area contributed by atoms with E-state index in [1.165, 1.54) is 51.4 Å². The fourth-order valence-corrected chi connectivity index (χ4v) is 2.52. The molecule has 0 aliphatic heterocycles. The third-order valence-corrected chi connectivity index (χ3v) is 3.83. The van der Waals surface area contributed by atoms with Gasteiger partial charge < -0.3 is 0 Å². The lowest BCUT2D eigenvalue weighted by Gasteiger charge is -2.03. The monoisotopic (exact) mass is 303 g/mol. The summed E-state index contributed by atoms with van der Waals surface area (Å²) >= 11 is 0. The number of benzene rings is 1. The third-order valence-electron chi connectivity index (χ3n) is 3.83. The van der Waals surface area contributed by atoms with E-state index in [0.717, 1.165) is 12.0 Å². The fourth-order valence-electron chi connectivity index (χ4n) is 2.52. The van der Waals surface area contributed by atoms with E-state index in [1.807, 2.05) is 18.2 Å². The summed E-state index contributed by atoms with van der Waals surface area (Å²) in [5.74, 6) is -0.465. The van der Waals surface area contributed by atoms with Crippen LogP contribution in [0, 0.1) is 0 Å². The first kappa shape index (κ1) is 18.4. The zero-order chi connectivity index (χ0) is 16.0. The lowest BCUT2D eigenvalue weighted by molar-refractivity contribution is 0.0706. The molecule has 1 amide bonds. The van der Waals surface area contributed by atoms with E-state index in [9.17, 15) is 4.79 Å². The Morgan fingerprint density at radius 1 is 1.05 bits per heavy atom. The molecule has 0 saturated heterocycles. The molecule has 0 aliphatic rings. The number of hydrogen-bond donors (Lipinski definition) is 2. The van der Waals surface area contributed by atoms with Crippen molar-refractivity contribution in [2.45, 2.75) is 64.7 Å². The molecule has 0 aromatic heterocycles. The van der Waals surface area contributed by atoms with Crippen molar-refractivity contribution in [1.82, 2.24) is 5.48 Å². The number of carbonyl (C=O) groups excluding carboxylic acids is 1. The van der Waals surface area contributed by atoms with E-state index < -0.39 is 5.91 Å². The summed E-state index contributed by atoms with van der Waals surface area (Å²) in [4.78, 5) is 11.5. The summed E-state index contributed by atoms with van der Waals surface area (Å²) in [6, 6.07) is 7.28. The SMILES string of the molecule is CCCCCCCCCC/C=C/c1ccccc1C(=O)NO. The van der Waals surface area contributed by atoms with Crippen LogP contribution in [0.4, 0.5) is 0 Å². The molecule has 0 aliphatic carbocycles. The van der Waals surface area contributed by atoms with Crippen molar-refractivity contribution in [3.05, 3.63) is 41.5 Å². The molecule has 22 heavy (non-hydrogen) atoms. The average Bonchev–Trinajstić information content (AvgIpc) is 2.56. The van der Waals surface area contributed by atoms with Gasteiger partial charge >= 0.3 is 0 Å². The number of unbranched alkanes of at least 4 members (excludes halogenated alkanes) is 8. The lowest BCUT2D eigenvalue weighted by atomic mass is 10.0. The van der Waals surface area contributed by atoms with Crippen molar-refractivity contribution in [3.8, 4) is 0 Å². The van der Waals surface area contributed by atoms with Crippen molar-refractivity contribution in [2.75, 3.05) is 0 Å². The summed E-state index contributed by atoms with van der Waals surface area (Å²) in [5.41, 5.74) is 3.03. The van der Waals surface area contributed by atoms with Crippen LogP contribution in [0.5, 0.6) is 0 Å². The van der Waals surface area contributed by atoms with Crippen LogP contribution in [0.1, 0.15) is 80.6 Å². The molecule has 0 atom stereocenters. The highest BCUT2D eigenvalue weighted by Crippen LogP contribution is 2.13. The molecule has 0 unspecified atom stereocenters. The molecule has 1 rings (SSSR count). The summed E-state index contributed by atoms with van der Waals surface area (Å²) < 4.78 is 0. The molecule has 1 aromatic carbocycles. The minimum atomic E-state index is -0.465. The van der Waals surface area contributed by atoms with Crippen LogP contribution in [0.25, 0.3) is 6.08 Å². The van der Waals surface area contributed by atoms with Crippen LogP contribution in [-0.4, -0.2) is 11.1 Å². The molecule has 0 spiro atoms. The van der Waals surface area contributed by atoms with Crippen molar-refractivity contribution >= 4 is 12.0 Å². The first-order chi connectivity index (χ1) is 10.8. The van der Waals surface area contributed by atoms with Crippen LogP contribution in [-0.2, 0) is 0 Å². The summed E-state index contributed by atoms with van der Waals surface area (Å²) in [5, 5.41) is 8.74. The lowest BCUT2D eigenvalue weighted by Crippen LogP contribution is -2.19. The first-order valence-corrected chi connectivity index (χ1v) is 8.49. The van der Waals surface area contributed by atoms with Crippen molar-refractivity contribution in [3.63, 3.8) is 0 Å². The van der Waals surface area contributed by atoms with E-state index in [0.29, 0.717) is 5.56 Å². The Hall–Kier alpha value is -1.61. The van der Waals surface area contributed by atoms with E-state index >= 15 is 0 Å². The zero-order valence-corrected chi connectivity index (χ0v) is 13.7. The van der Waals surface area contributed by atoms with E-state index in [-0.39, 0.29) is 0 Å². The molecule has 122 valence electrons. The number of amides is 1.